The van der Waals surface area contributed by atoms with Gasteiger partial charge >= 0.3 is 12.1 Å². The zero-order valence-electron chi connectivity index (χ0n) is 7.75. The van der Waals surface area contributed by atoms with Crippen LogP contribution in [0.5, 0.6) is 0 Å². The van der Waals surface area contributed by atoms with Gasteiger partial charge in [-0.3, -0.25) is 0 Å². The Labute approximate surface area is 76.7 Å². The summed E-state index contributed by atoms with van der Waals surface area (Å²) in [5, 5.41) is 2.31. The molecule has 5 nitrogen and oxygen atoms in total. The number of hydrogen-bond donors (Lipinski definition) is 1. The number of alkyl carbamates (subject to hydrolysis) is 1. The molecule has 0 atom stereocenters. The summed E-state index contributed by atoms with van der Waals surface area (Å²) in [5.74, 6) is -0.515. The molecule has 0 unspecified atom stereocenters. The first kappa shape index (κ1) is 11.5. The van der Waals surface area contributed by atoms with Crippen LogP contribution in [0.15, 0.2) is 12.2 Å². The summed E-state index contributed by atoms with van der Waals surface area (Å²) >= 11 is 0. The van der Waals surface area contributed by atoms with E-state index in [-0.39, 0.29) is 18.7 Å². The molecular formula is C8H13NO4. The van der Waals surface area contributed by atoms with Gasteiger partial charge in [0.1, 0.15) is 0 Å². The highest BCUT2D eigenvalue weighted by Gasteiger charge is 2.08. The van der Waals surface area contributed by atoms with Gasteiger partial charge in [-0.15, -0.1) is 0 Å². The van der Waals surface area contributed by atoms with E-state index >= 15 is 0 Å². The molecular weight excluding hydrogens is 174 g/mol. The van der Waals surface area contributed by atoms with E-state index in [0.29, 0.717) is 0 Å². The average Bonchev–Trinajstić information content (AvgIpc) is 2.13. The number of carbonyl (C=O) groups is 2. The maximum atomic E-state index is 10.9. The minimum absolute atomic E-state index is 0.0332. The highest BCUT2D eigenvalue weighted by Crippen LogP contribution is 1.92. The molecule has 0 bridgehead atoms. The normalized spacial score (nSPS) is 8.77. The second kappa shape index (κ2) is 6.05. The van der Waals surface area contributed by atoms with Crippen LogP contribution in [0, 0.1) is 0 Å². The van der Waals surface area contributed by atoms with Crippen molar-refractivity contribution in [2.45, 2.75) is 6.92 Å². The van der Waals surface area contributed by atoms with Gasteiger partial charge < -0.3 is 14.8 Å². The van der Waals surface area contributed by atoms with Crippen molar-refractivity contribution < 1.29 is 19.1 Å². The van der Waals surface area contributed by atoms with Crippen molar-refractivity contribution in [1.29, 1.82) is 0 Å². The second-order valence-electron chi connectivity index (χ2n) is 2.17. The molecule has 0 rings (SSSR count). The SMILES string of the molecule is C=C(CNC(=O)OC)C(=O)OCC. The van der Waals surface area contributed by atoms with Crippen LogP contribution >= 0.6 is 0 Å². The van der Waals surface area contributed by atoms with Crippen LogP contribution < -0.4 is 5.32 Å². The summed E-state index contributed by atoms with van der Waals surface area (Å²) in [6, 6.07) is 0. The molecule has 0 saturated heterocycles. The summed E-state index contributed by atoms with van der Waals surface area (Å²) in [6.07, 6.45) is -0.606. The minimum Gasteiger partial charge on any atom is -0.463 e. The quantitative estimate of drug-likeness (QED) is 0.513. The van der Waals surface area contributed by atoms with E-state index < -0.39 is 12.1 Å². The molecule has 0 aromatic rings. The number of hydrogen-bond acceptors (Lipinski definition) is 4. The third kappa shape index (κ3) is 4.84. The Morgan fingerprint density at radius 3 is 2.54 bits per heavy atom. The second-order valence-corrected chi connectivity index (χ2v) is 2.17. The lowest BCUT2D eigenvalue weighted by Gasteiger charge is -2.05. The molecule has 74 valence electrons. The summed E-state index contributed by atoms with van der Waals surface area (Å²) in [4.78, 5) is 21.5. The summed E-state index contributed by atoms with van der Waals surface area (Å²) < 4.78 is 8.94. The largest absolute Gasteiger partial charge is 0.463 e. The molecule has 0 aliphatic heterocycles. The van der Waals surface area contributed by atoms with Crippen LogP contribution in [0.3, 0.4) is 0 Å². The average molecular weight is 187 g/mol. The number of rotatable bonds is 4. The Morgan fingerprint density at radius 1 is 1.46 bits per heavy atom. The lowest BCUT2D eigenvalue weighted by Crippen LogP contribution is -2.27. The van der Waals surface area contributed by atoms with Crippen molar-refractivity contribution in [3.63, 3.8) is 0 Å². The molecule has 0 heterocycles. The van der Waals surface area contributed by atoms with E-state index in [9.17, 15) is 9.59 Å². The van der Waals surface area contributed by atoms with Crippen molar-refractivity contribution in [2.75, 3.05) is 20.3 Å². The number of methoxy groups -OCH3 is 1. The van der Waals surface area contributed by atoms with E-state index in [4.69, 9.17) is 0 Å². The smallest absolute Gasteiger partial charge is 0.407 e. The Kier molecular flexibility index (Phi) is 5.34. The third-order valence-corrected chi connectivity index (χ3v) is 1.20. The molecule has 5 heteroatoms. The molecule has 0 aliphatic carbocycles. The molecule has 0 aliphatic rings. The minimum atomic E-state index is -0.606. The molecule has 0 spiro atoms. The fourth-order valence-corrected chi connectivity index (χ4v) is 0.556. The molecule has 13 heavy (non-hydrogen) atoms. The Bertz CT molecular complexity index is 212. The van der Waals surface area contributed by atoms with Gasteiger partial charge in [0.05, 0.1) is 20.3 Å². The lowest BCUT2D eigenvalue weighted by atomic mass is 10.3. The topological polar surface area (TPSA) is 64.6 Å². The van der Waals surface area contributed by atoms with E-state index in [1.165, 1.54) is 7.11 Å². The van der Waals surface area contributed by atoms with Crippen LogP contribution in [0.2, 0.25) is 0 Å². The van der Waals surface area contributed by atoms with E-state index in [0.717, 1.165) is 0 Å². The molecule has 0 radical (unpaired) electrons. The maximum Gasteiger partial charge on any atom is 0.407 e. The first-order valence-electron chi connectivity index (χ1n) is 3.78. The van der Waals surface area contributed by atoms with Crippen molar-refractivity contribution in [3.05, 3.63) is 12.2 Å². The zero-order valence-corrected chi connectivity index (χ0v) is 7.75. The molecule has 1 amide bonds. The fourth-order valence-electron chi connectivity index (χ4n) is 0.556. The molecule has 0 saturated carbocycles. The molecule has 0 aromatic heterocycles. The predicted octanol–water partition coefficient (Wildman–Crippen LogP) is 0.462. The molecule has 0 fully saturated rings. The van der Waals surface area contributed by atoms with Gasteiger partial charge in [-0.25, -0.2) is 9.59 Å². The summed E-state index contributed by atoms with van der Waals surface area (Å²) in [6.45, 7) is 5.45. The van der Waals surface area contributed by atoms with Crippen molar-refractivity contribution in [3.8, 4) is 0 Å². The molecule has 1 N–H and O–H groups in total. The van der Waals surface area contributed by atoms with Gasteiger partial charge in [0, 0.05) is 5.57 Å². The number of esters is 1. The first-order chi connectivity index (χ1) is 6.11. The van der Waals surface area contributed by atoms with Crippen molar-refractivity contribution in [2.24, 2.45) is 0 Å². The Hall–Kier alpha value is -1.52. The first-order valence-corrected chi connectivity index (χ1v) is 3.78. The summed E-state index contributed by atoms with van der Waals surface area (Å²) in [7, 11) is 1.24. The van der Waals surface area contributed by atoms with Gasteiger partial charge in [-0.2, -0.15) is 0 Å². The van der Waals surface area contributed by atoms with Gasteiger partial charge in [0.15, 0.2) is 0 Å². The van der Waals surface area contributed by atoms with Crippen LogP contribution in [0.1, 0.15) is 6.92 Å². The van der Waals surface area contributed by atoms with E-state index in [2.05, 4.69) is 21.4 Å². The van der Waals surface area contributed by atoms with Gasteiger partial charge in [0.2, 0.25) is 0 Å². The monoisotopic (exact) mass is 187 g/mol. The van der Waals surface area contributed by atoms with Crippen LogP contribution in [-0.2, 0) is 14.3 Å². The third-order valence-electron chi connectivity index (χ3n) is 1.20. The highest BCUT2D eigenvalue weighted by molar-refractivity contribution is 5.88. The predicted molar refractivity (Wildman–Crippen MR) is 46.2 cm³/mol. The van der Waals surface area contributed by atoms with E-state index in [1.807, 2.05) is 0 Å². The number of nitrogens with one attached hydrogen (secondary N) is 1. The Morgan fingerprint density at radius 2 is 2.08 bits per heavy atom. The highest BCUT2D eigenvalue weighted by atomic mass is 16.5. The lowest BCUT2D eigenvalue weighted by molar-refractivity contribution is -0.138. The van der Waals surface area contributed by atoms with Crippen LogP contribution in [0.25, 0.3) is 0 Å². The van der Waals surface area contributed by atoms with Gasteiger partial charge in [0.25, 0.3) is 0 Å². The molecule has 0 aromatic carbocycles. The van der Waals surface area contributed by atoms with Crippen LogP contribution in [0.4, 0.5) is 4.79 Å². The van der Waals surface area contributed by atoms with Crippen molar-refractivity contribution >= 4 is 12.1 Å². The van der Waals surface area contributed by atoms with Crippen LogP contribution in [-0.4, -0.2) is 32.3 Å². The van der Waals surface area contributed by atoms with Crippen molar-refractivity contribution in [1.82, 2.24) is 5.32 Å². The number of carbonyl (C=O) groups excluding carboxylic acids is 2. The summed E-state index contributed by atoms with van der Waals surface area (Å²) in [5.41, 5.74) is 0.187. The Balaban J connectivity index is 3.74. The number of ether oxygens (including phenoxy) is 2. The fraction of sp³-hybridized carbons (Fsp3) is 0.500. The van der Waals surface area contributed by atoms with Gasteiger partial charge in [-0.1, -0.05) is 6.58 Å². The zero-order chi connectivity index (χ0) is 10.3. The van der Waals surface area contributed by atoms with Gasteiger partial charge in [-0.05, 0) is 6.92 Å². The standard InChI is InChI=1S/C8H13NO4/c1-4-13-7(10)6(2)5-9-8(11)12-3/h2,4-5H2,1,3H3,(H,9,11). The maximum absolute atomic E-state index is 10.9. The number of amides is 1. The van der Waals surface area contributed by atoms with E-state index in [1.54, 1.807) is 6.92 Å².